The van der Waals surface area contributed by atoms with Gasteiger partial charge in [-0.1, -0.05) is 104 Å². The van der Waals surface area contributed by atoms with E-state index >= 15 is 0 Å². The van der Waals surface area contributed by atoms with Crippen molar-refractivity contribution in [3.8, 4) is 26.9 Å². The Balaban J connectivity index is 0.000000132. The van der Waals surface area contributed by atoms with Gasteiger partial charge in [0.15, 0.2) is 29.1 Å². The van der Waals surface area contributed by atoms with Crippen LogP contribution in [0.15, 0.2) is 355 Å². The van der Waals surface area contributed by atoms with E-state index in [1.807, 2.05) is 209 Å². The average molecular weight is 2060 g/mol. The number of ether oxygens (including phenoxy) is 1. The third-order valence-electron chi connectivity index (χ3n) is 21.4. The molecular formula is C100H94Br2N28O5S4. The number of fused-ring (bicyclic) bond motifs is 5. The van der Waals surface area contributed by atoms with Gasteiger partial charge in [0.2, 0.25) is 16.0 Å². The minimum Gasteiger partial charge on any atom is -0.492 e. The molecule has 139 heavy (non-hydrogen) atoms. The van der Waals surface area contributed by atoms with Crippen LogP contribution in [0.3, 0.4) is 0 Å². The first-order valence-electron chi connectivity index (χ1n) is 43.6. The molecule has 19 rings (SSSR count). The number of aromatic nitrogens is 9. The van der Waals surface area contributed by atoms with Gasteiger partial charge in [0.05, 0.1) is 38.2 Å². The summed E-state index contributed by atoms with van der Waals surface area (Å²) in [7, 11) is -3.35. The van der Waals surface area contributed by atoms with Crippen LogP contribution in [0.4, 0.5) is 91.9 Å². The highest BCUT2D eigenvalue weighted by Gasteiger charge is 2.20. The Morgan fingerprint density at radius 2 is 0.734 bits per heavy atom. The van der Waals surface area contributed by atoms with E-state index in [4.69, 9.17) is 33.4 Å². The fraction of sp³-hybridized carbons (Fsp3) is 0.150. The molecule has 33 nitrogen and oxygen atoms in total. The largest absolute Gasteiger partial charge is 0.492 e. The molecule has 10 aromatic carbocycles. The van der Waals surface area contributed by atoms with Crippen LogP contribution in [0, 0.1) is 20.8 Å². The van der Waals surface area contributed by atoms with E-state index in [1.54, 1.807) is 96.4 Å². The number of nitrogens with one attached hydrogen (secondary N) is 2. The van der Waals surface area contributed by atoms with Crippen LogP contribution in [-0.4, -0.2) is 125 Å². The van der Waals surface area contributed by atoms with Gasteiger partial charge < -0.3 is 43.2 Å². The summed E-state index contributed by atoms with van der Waals surface area (Å²) in [5.74, 6) is 2.45. The van der Waals surface area contributed by atoms with Crippen molar-refractivity contribution in [2.75, 3.05) is 86.8 Å². The first-order valence-corrected chi connectivity index (χ1v) is 49.9. The zero-order valence-corrected chi connectivity index (χ0v) is 82.4. The lowest BCUT2D eigenvalue weighted by atomic mass is 10.1. The number of piperidine rings is 1. The molecule has 702 valence electrons. The molecule has 0 saturated carbocycles. The molecule has 0 radical (unpaired) electrons. The number of aryl methyl sites for hydroxylation is 3. The quantitative estimate of drug-likeness (QED) is 0.0206. The number of nitrogens with zero attached hydrogens (tertiary/aromatic N) is 21. The molecule has 0 aliphatic carbocycles. The summed E-state index contributed by atoms with van der Waals surface area (Å²) < 4.78 is 62.6. The number of halogens is 2. The summed E-state index contributed by atoms with van der Waals surface area (Å²) in [4.78, 5) is 42.0. The number of sulfonamides is 2. The molecule has 8 aromatic heterocycles. The number of thiazole rings is 2. The molecule has 0 unspecified atom stereocenters. The first-order chi connectivity index (χ1) is 67.3. The number of likely N-dealkylation sites (N-methyl/N-ethyl adjacent to an activating group) is 1. The maximum atomic E-state index is 12.6. The van der Waals surface area contributed by atoms with Gasteiger partial charge in [-0.15, -0.1) is 48.2 Å². The van der Waals surface area contributed by atoms with Crippen LogP contribution >= 0.6 is 54.5 Å². The summed E-state index contributed by atoms with van der Waals surface area (Å²) in [5, 5.41) is 58.1. The van der Waals surface area contributed by atoms with E-state index in [1.165, 1.54) is 55.9 Å². The molecule has 0 bridgehead atoms. The lowest BCUT2D eigenvalue weighted by Crippen LogP contribution is -2.33. The van der Waals surface area contributed by atoms with Crippen molar-refractivity contribution in [1.29, 1.82) is 0 Å². The molecule has 0 amide bonds. The van der Waals surface area contributed by atoms with Gasteiger partial charge in [-0.3, -0.25) is 0 Å². The topological polar surface area (TPSA) is 478 Å². The summed E-state index contributed by atoms with van der Waals surface area (Å²) in [5.41, 5.74) is 41.4. The Bertz CT molecular complexity index is 7530. The second-order valence-corrected chi connectivity index (χ2v) is 39.0. The maximum absolute atomic E-state index is 12.6. The van der Waals surface area contributed by atoms with Crippen molar-refractivity contribution in [3.05, 3.63) is 311 Å². The Labute approximate surface area is 826 Å². The SMILES string of the molecule is CN(C)CCOc1ccc(N=Nc2c(N)ncc3ccc(Br)cc23)cc1.Cc1ccc2cnc(N)c(N=Nc3ccc(-c4nccs4)cc3)c2c1.Cc1ccc2cnc(N)c(N=Nc3ccc(-c4nccs4)cc3)c2c1.Cc1ccc2cnc(N)c(N=Nc3ccc(S(=O)(=O)Nc4ncccn4)cc3)c2c1.Nc1ncc2ccc(Br)cc2c1N=Nc1ccc(S(=O)(=O)NCCCN2CCCCC2)cc1. The number of benzene rings is 10. The highest BCUT2D eigenvalue weighted by atomic mass is 79.9. The minimum absolute atomic E-state index is 0.00418. The molecule has 39 heteroatoms. The fourth-order valence-corrected chi connectivity index (χ4v) is 18.2. The number of nitrogens with two attached hydrogens (primary N) is 5. The van der Waals surface area contributed by atoms with E-state index in [0.29, 0.717) is 70.4 Å². The molecule has 1 fully saturated rings. The van der Waals surface area contributed by atoms with Crippen molar-refractivity contribution < 1.29 is 21.6 Å². The van der Waals surface area contributed by atoms with Crippen LogP contribution in [-0.2, 0) is 20.0 Å². The maximum Gasteiger partial charge on any atom is 0.264 e. The summed E-state index contributed by atoms with van der Waals surface area (Å²) in [6.45, 7) is 11.1. The Morgan fingerprint density at radius 1 is 0.396 bits per heavy atom. The molecule has 1 aliphatic heterocycles. The lowest BCUT2D eigenvalue weighted by molar-refractivity contribution is 0.227. The monoisotopic (exact) mass is 2050 g/mol. The zero-order chi connectivity index (χ0) is 97.4. The predicted molar refractivity (Wildman–Crippen MR) is 563 cm³/mol. The Kier molecular flexibility index (Phi) is 33.0. The Hall–Kier alpha value is -15.1. The van der Waals surface area contributed by atoms with E-state index in [-0.39, 0.29) is 27.4 Å². The van der Waals surface area contributed by atoms with Gasteiger partial charge in [0.25, 0.3) is 10.0 Å². The number of hydrogen-bond acceptors (Lipinski definition) is 33. The van der Waals surface area contributed by atoms with Crippen LogP contribution in [0.1, 0.15) is 42.4 Å². The van der Waals surface area contributed by atoms with Gasteiger partial charge >= 0.3 is 0 Å². The number of hydrogen-bond donors (Lipinski definition) is 7. The second-order valence-electron chi connectivity index (χ2n) is 31.9. The normalized spacial score (nSPS) is 12.5. The van der Waals surface area contributed by atoms with Crippen LogP contribution in [0.2, 0.25) is 0 Å². The van der Waals surface area contributed by atoms with E-state index < -0.39 is 20.0 Å². The Morgan fingerprint density at radius 3 is 1.09 bits per heavy atom. The third-order valence-corrected chi connectivity index (χ3v) is 26.9. The van der Waals surface area contributed by atoms with Crippen molar-refractivity contribution in [1.82, 2.24) is 59.4 Å². The van der Waals surface area contributed by atoms with Crippen LogP contribution < -0.4 is 42.8 Å². The number of likely N-dealkylation sites (tertiary alicyclic amines) is 1. The van der Waals surface area contributed by atoms with Crippen molar-refractivity contribution in [2.45, 2.75) is 56.2 Å². The van der Waals surface area contributed by atoms with Crippen LogP contribution in [0.25, 0.3) is 75.0 Å². The summed E-state index contributed by atoms with van der Waals surface area (Å²) >= 11 is 10.1. The average Bonchev–Trinajstić information content (AvgIpc) is 1.61. The van der Waals surface area contributed by atoms with E-state index in [0.717, 1.165) is 156 Å². The molecule has 1 aliphatic rings. The van der Waals surface area contributed by atoms with Crippen molar-refractivity contribution >= 4 is 220 Å². The molecular weight excluding hydrogens is 1960 g/mol. The number of rotatable bonds is 25. The zero-order valence-electron chi connectivity index (χ0n) is 75.9. The number of pyridine rings is 5. The third kappa shape index (κ3) is 26.8. The molecule has 0 spiro atoms. The van der Waals surface area contributed by atoms with Crippen LogP contribution in [0.5, 0.6) is 5.75 Å². The minimum atomic E-state index is -3.81. The fourth-order valence-electron chi connectivity index (χ4n) is 14.1. The van der Waals surface area contributed by atoms with Crippen molar-refractivity contribution in [2.24, 2.45) is 51.1 Å². The van der Waals surface area contributed by atoms with E-state index in [9.17, 15) is 16.8 Å². The van der Waals surface area contributed by atoms with E-state index in [2.05, 4.69) is 147 Å². The first kappa shape index (κ1) is 98.4. The van der Waals surface area contributed by atoms with Gasteiger partial charge in [0.1, 0.15) is 50.8 Å². The standard InChI is InChI=1S/C23H27BrN6O2S.C20H17N7O2S.C19H20BrN5O.2C19H15N5S/c24-18-6-5-17-16-26-23(25)22(21(17)15-18)29-28-19-7-9-20(10-8-19)33(31,32)27-11-4-14-30-12-2-1-3-13-30;1-13-3-4-14-12-24-19(21)18(17(14)11-13)26-25-15-5-7-16(8-6-15)30(28,29)27-20-22-9-2-10-23-20;1-25(2)9-10-26-16-7-5-15(6-8-16)23-24-18-17-11-14(20)4-3-13(17)12-22-19(18)21;2*1-12-2-3-14-11-22-18(20)17(16(14)10-12)24-23-15-6-4-13(5-7-15)19-21-8-9-25-19/h5-10,15-16,27H,1-4,11-14H2,(H2,25,26);2-12H,1H3,(H2,21,24)(H,22,23,27);3-8,11-12H,9-10H2,1-2H3,(H2,21,22);2*2-11H,1H3,(H2,20,22). The van der Waals surface area contributed by atoms with Gasteiger partial charge in [-0.2, -0.15) is 25.6 Å². The number of azo groups is 5. The molecule has 1 saturated heterocycles. The summed E-state index contributed by atoms with van der Waals surface area (Å²) in [6, 6.07) is 66.7. The van der Waals surface area contributed by atoms with Gasteiger partial charge in [-0.25, -0.2) is 71.1 Å². The van der Waals surface area contributed by atoms with Gasteiger partial charge in [0, 0.05) is 154 Å². The van der Waals surface area contributed by atoms with Gasteiger partial charge in [-0.05, 0) is 244 Å². The molecule has 9 heterocycles. The lowest BCUT2D eigenvalue weighted by Gasteiger charge is -2.26. The molecule has 12 N–H and O–H groups in total. The number of anilines is 6. The second kappa shape index (κ2) is 46.7. The predicted octanol–water partition coefficient (Wildman–Crippen LogP) is 25.5. The van der Waals surface area contributed by atoms with Crippen molar-refractivity contribution in [3.63, 3.8) is 0 Å². The molecule has 18 aromatic rings. The highest BCUT2D eigenvalue weighted by Crippen LogP contribution is 2.40. The summed E-state index contributed by atoms with van der Waals surface area (Å²) in [6.07, 6.45) is 19.7. The molecule has 0 atom stereocenters. The highest BCUT2D eigenvalue weighted by molar-refractivity contribution is 9.10. The number of nitrogen functional groups attached to an aromatic ring is 5. The smallest absolute Gasteiger partial charge is 0.264 e.